The third-order valence-electron chi connectivity index (χ3n) is 5.93. The van der Waals surface area contributed by atoms with Gasteiger partial charge in [0.05, 0.1) is 11.8 Å². The highest BCUT2D eigenvalue weighted by molar-refractivity contribution is 7.16. The molecule has 4 aromatic rings. The molecule has 1 atom stereocenters. The van der Waals surface area contributed by atoms with Gasteiger partial charge in [-0.1, -0.05) is 59.9 Å². The number of fused-ring (bicyclic) bond motifs is 1. The molecule has 8 heteroatoms. The molecule has 7 nitrogen and oxygen atoms in total. The summed E-state index contributed by atoms with van der Waals surface area (Å²) in [5.41, 5.74) is 4.86. The number of phenols is 1. The van der Waals surface area contributed by atoms with E-state index in [0.29, 0.717) is 23.2 Å². The first-order valence-corrected chi connectivity index (χ1v) is 12.5. The van der Waals surface area contributed by atoms with Crippen molar-refractivity contribution < 1.29 is 14.9 Å². The molecule has 0 radical (unpaired) electrons. The van der Waals surface area contributed by atoms with Gasteiger partial charge in [0.15, 0.2) is 0 Å². The summed E-state index contributed by atoms with van der Waals surface area (Å²) >= 11 is 1.04. The van der Waals surface area contributed by atoms with Crippen LogP contribution in [0.25, 0.3) is 10.2 Å². The number of hydrogen-bond donors (Lipinski definition) is 5. The Labute approximate surface area is 208 Å². The molecule has 184 valence electrons. The largest absolute Gasteiger partial charge is 0.506 e. The van der Waals surface area contributed by atoms with Crippen molar-refractivity contribution in [3.05, 3.63) is 92.6 Å². The van der Waals surface area contributed by atoms with Gasteiger partial charge < -0.3 is 25.3 Å². The smallest absolute Gasteiger partial charge is 0.305 e. The topological polar surface area (TPSA) is 107 Å². The summed E-state index contributed by atoms with van der Waals surface area (Å²) in [6.07, 6.45) is 1.29. The highest BCUT2D eigenvalue weighted by Gasteiger charge is 2.13. The Bertz CT molecular complexity index is 1320. The van der Waals surface area contributed by atoms with E-state index < -0.39 is 6.23 Å². The zero-order valence-corrected chi connectivity index (χ0v) is 20.5. The average molecular weight is 494 g/mol. The first kappa shape index (κ1) is 24.9. The van der Waals surface area contributed by atoms with Gasteiger partial charge in [0.25, 0.3) is 0 Å². The SMILES string of the molecule is COc1ccccc1CCNCc1cccc(CCNC(O)Cc2ccc(O)c3[nH]c(=O)sc23)c1. The number of thiazole rings is 1. The lowest BCUT2D eigenvalue weighted by molar-refractivity contribution is 0.138. The van der Waals surface area contributed by atoms with Gasteiger partial charge in [-0.25, -0.2) is 0 Å². The van der Waals surface area contributed by atoms with Crippen LogP contribution in [0, 0.1) is 0 Å². The van der Waals surface area contributed by atoms with Crippen LogP contribution < -0.4 is 20.2 Å². The van der Waals surface area contributed by atoms with E-state index in [2.05, 4.69) is 45.9 Å². The molecule has 0 aliphatic rings. The highest BCUT2D eigenvalue weighted by atomic mass is 32.1. The molecule has 0 aliphatic carbocycles. The van der Waals surface area contributed by atoms with Gasteiger partial charge in [-0.3, -0.25) is 10.1 Å². The Morgan fingerprint density at radius 3 is 2.69 bits per heavy atom. The van der Waals surface area contributed by atoms with Crippen molar-refractivity contribution in [3.63, 3.8) is 0 Å². The summed E-state index contributed by atoms with van der Waals surface area (Å²) in [4.78, 5) is 14.1. The molecule has 0 saturated heterocycles. The Morgan fingerprint density at radius 2 is 1.83 bits per heavy atom. The summed E-state index contributed by atoms with van der Waals surface area (Å²) < 4.78 is 6.10. The van der Waals surface area contributed by atoms with Crippen molar-refractivity contribution in [2.75, 3.05) is 20.2 Å². The molecule has 1 heterocycles. The van der Waals surface area contributed by atoms with Crippen LogP contribution in [-0.4, -0.2) is 41.6 Å². The van der Waals surface area contributed by atoms with Gasteiger partial charge in [0, 0.05) is 19.5 Å². The number of H-pyrrole nitrogens is 1. The second kappa shape index (κ2) is 12.0. The van der Waals surface area contributed by atoms with E-state index in [-0.39, 0.29) is 10.6 Å². The van der Waals surface area contributed by atoms with E-state index in [1.807, 2.05) is 18.2 Å². The molecule has 0 fully saturated rings. The summed E-state index contributed by atoms with van der Waals surface area (Å²) in [5, 5.41) is 27.0. The van der Waals surface area contributed by atoms with Crippen LogP contribution in [0.5, 0.6) is 11.5 Å². The molecular formula is C27H31N3O4S. The van der Waals surface area contributed by atoms with E-state index in [1.54, 1.807) is 19.2 Å². The number of ether oxygens (including phenoxy) is 1. The number of aromatic nitrogens is 1. The lowest BCUT2D eigenvalue weighted by Gasteiger charge is -2.14. The molecule has 5 N–H and O–H groups in total. The summed E-state index contributed by atoms with van der Waals surface area (Å²) in [5.74, 6) is 0.961. The third kappa shape index (κ3) is 6.70. The van der Waals surface area contributed by atoms with Crippen molar-refractivity contribution in [3.8, 4) is 11.5 Å². The Kier molecular flexibility index (Phi) is 8.54. The molecule has 0 saturated carbocycles. The zero-order valence-electron chi connectivity index (χ0n) is 19.7. The fourth-order valence-electron chi connectivity index (χ4n) is 4.16. The number of rotatable bonds is 12. The van der Waals surface area contributed by atoms with Crippen LogP contribution in [0.1, 0.15) is 22.3 Å². The van der Waals surface area contributed by atoms with Gasteiger partial charge in [-0.2, -0.15) is 0 Å². The summed E-state index contributed by atoms with van der Waals surface area (Å²) in [7, 11) is 1.70. The maximum Gasteiger partial charge on any atom is 0.305 e. The summed E-state index contributed by atoms with van der Waals surface area (Å²) in [6.45, 7) is 2.27. The number of aliphatic hydroxyl groups excluding tert-OH is 1. The number of hydrogen-bond acceptors (Lipinski definition) is 7. The van der Waals surface area contributed by atoms with Crippen molar-refractivity contribution in [2.45, 2.75) is 32.0 Å². The third-order valence-corrected chi connectivity index (χ3v) is 6.89. The molecule has 1 unspecified atom stereocenters. The fourth-order valence-corrected chi connectivity index (χ4v) is 5.04. The molecule has 3 aromatic carbocycles. The minimum Gasteiger partial charge on any atom is -0.506 e. The molecular weight excluding hydrogens is 462 g/mol. The molecule has 35 heavy (non-hydrogen) atoms. The number of phenolic OH excluding ortho intramolecular Hbond substituents is 1. The number of benzene rings is 3. The maximum absolute atomic E-state index is 11.7. The normalized spacial score (nSPS) is 12.2. The number of para-hydroxylation sites is 1. The number of methoxy groups -OCH3 is 1. The van der Waals surface area contributed by atoms with Crippen LogP contribution in [0.4, 0.5) is 0 Å². The Morgan fingerprint density at radius 1 is 1.00 bits per heavy atom. The Balaban J connectivity index is 1.22. The quantitative estimate of drug-likeness (QED) is 0.153. The predicted octanol–water partition coefficient (Wildman–Crippen LogP) is 3.33. The molecule has 1 aromatic heterocycles. The van der Waals surface area contributed by atoms with Crippen LogP contribution in [0.3, 0.4) is 0 Å². The minimum atomic E-state index is -0.750. The molecule has 0 spiro atoms. The van der Waals surface area contributed by atoms with E-state index in [1.165, 1.54) is 16.7 Å². The average Bonchev–Trinajstić information content (AvgIpc) is 3.27. The van der Waals surface area contributed by atoms with Crippen LogP contribution in [0.15, 0.2) is 65.5 Å². The standard InChI is InChI=1S/C27H31N3O4S/c1-34-23-8-3-2-7-20(23)12-13-28-17-19-6-4-5-18(15-19)11-14-29-24(32)16-21-9-10-22(31)25-26(21)35-27(33)30-25/h2-10,15,24,28-29,31-32H,11-14,16-17H2,1H3,(H,30,33). The molecule has 0 bridgehead atoms. The van der Waals surface area contributed by atoms with Gasteiger partial charge >= 0.3 is 4.87 Å². The fraction of sp³-hybridized carbons (Fsp3) is 0.296. The highest BCUT2D eigenvalue weighted by Crippen LogP contribution is 2.28. The van der Waals surface area contributed by atoms with E-state index in [4.69, 9.17) is 4.74 Å². The minimum absolute atomic E-state index is 0.0405. The maximum atomic E-state index is 11.7. The second-order valence-electron chi connectivity index (χ2n) is 8.45. The monoisotopic (exact) mass is 493 g/mol. The van der Waals surface area contributed by atoms with Crippen molar-refractivity contribution >= 4 is 21.6 Å². The zero-order chi connectivity index (χ0) is 24.6. The lowest BCUT2D eigenvalue weighted by atomic mass is 10.1. The first-order chi connectivity index (χ1) is 17.0. The number of nitrogens with one attached hydrogen (secondary N) is 3. The van der Waals surface area contributed by atoms with E-state index in [9.17, 15) is 15.0 Å². The predicted molar refractivity (Wildman–Crippen MR) is 140 cm³/mol. The van der Waals surface area contributed by atoms with E-state index in [0.717, 1.165) is 48.6 Å². The first-order valence-electron chi connectivity index (χ1n) is 11.7. The van der Waals surface area contributed by atoms with Crippen LogP contribution in [0.2, 0.25) is 0 Å². The summed E-state index contributed by atoms with van der Waals surface area (Å²) in [6, 6.07) is 19.8. The molecule has 0 aliphatic heterocycles. The van der Waals surface area contributed by atoms with Gasteiger partial charge in [-0.15, -0.1) is 0 Å². The van der Waals surface area contributed by atoms with Crippen molar-refractivity contribution in [2.24, 2.45) is 0 Å². The van der Waals surface area contributed by atoms with Crippen LogP contribution in [-0.2, 0) is 25.8 Å². The van der Waals surface area contributed by atoms with Crippen molar-refractivity contribution in [1.82, 2.24) is 15.6 Å². The number of aliphatic hydroxyl groups is 1. The number of aromatic hydroxyl groups is 1. The molecule has 0 amide bonds. The van der Waals surface area contributed by atoms with Gasteiger partial charge in [-0.05, 0) is 53.8 Å². The van der Waals surface area contributed by atoms with Gasteiger partial charge in [0.2, 0.25) is 0 Å². The van der Waals surface area contributed by atoms with E-state index >= 15 is 0 Å². The van der Waals surface area contributed by atoms with Gasteiger partial charge in [0.1, 0.15) is 23.2 Å². The van der Waals surface area contributed by atoms with Crippen LogP contribution >= 0.6 is 11.3 Å². The lowest BCUT2D eigenvalue weighted by Crippen LogP contribution is -2.32. The molecule has 4 rings (SSSR count). The number of aromatic amines is 1. The Hall–Kier alpha value is -3.17. The second-order valence-corrected chi connectivity index (χ2v) is 9.43. The van der Waals surface area contributed by atoms with Crippen molar-refractivity contribution in [1.29, 1.82) is 0 Å².